The normalized spacial score (nSPS) is 12.9. The maximum absolute atomic E-state index is 11.6. The van der Waals surface area contributed by atoms with E-state index in [0.29, 0.717) is 19.3 Å². The van der Waals surface area contributed by atoms with Gasteiger partial charge in [-0.3, -0.25) is 4.79 Å². The van der Waals surface area contributed by atoms with Crippen LogP contribution in [0.15, 0.2) is 48.5 Å². The summed E-state index contributed by atoms with van der Waals surface area (Å²) in [6, 6.07) is 16.3. The Balaban J connectivity index is 1.55. The number of aliphatic carboxylic acids is 1. The van der Waals surface area contributed by atoms with Crippen molar-refractivity contribution in [3.05, 3.63) is 65.4 Å². The third-order valence-corrected chi connectivity index (χ3v) is 13.8. The zero-order valence-corrected chi connectivity index (χ0v) is 28.5. The Morgan fingerprint density at radius 1 is 0.769 bits per heavy atom. The largest absolute Gasteiger partial charge is 0.477 e. The molecule has 0 radical (unpaired) electrons. The summed E-state index contributed by atoms with van der Waals surface area (Å²) >= 11 is 13.3. The quantitative estimate of drug-likeness (QED) is 0.0812. The van der Waals surface area contributed by atoms with Gasteiger partial charge in [0.1, 0.15) is 0 Å². The van der Waals surface area contributed by atoms with E-state index in [0.717, 1.165) is 35.5 Å². The first-order valence-electron chi connectivity index (χ1n) is 11.6. The summed E-state index contributed by atoms with van der Waals surface area (Å²) in [5, 5.41) is 9.53. The molecule has 0 aliphatic heterocycles. The molecule has 0 saturated heterocycles. The molecule has 0 saturated carbocycles. The number of thiophene rings is 5. The fourth-order valence-corrected chi connectivity index (χ4v) is 11.1. The lowest BCUT2D eigenvalue weighted by Crippen LogP contribution is -2.65. The van der Waals surface area contributed by atoms with Crippen LogP contribution in [0.5, 0.6) is 0 Å². The SMILES string of the molecule is [NH3+][C@H](Cc1cc(-c2ccc(I)s2)sc1-c1ccc(-c2sc(-c3ccc(I)s3)cc2C[C@H]([NH3+])C(=O)O)s1)OC=O. The molecule has 5 rings (SSSR count). The molecule has 0 aliphatic carbocycles. The molecule has 202 valence electrons. The second kappa shape index (κ2) is 12.8. The summed E-state index contributed by atoms with van der Waals surface area (Å²) in [6.07, 6.45) is 0.416. The maximum Gasteiger partial charge on any atom is 0.362 e. The molecular formula is C26H22I2N2O4S5+2. The molecule has 5 heterocycles. The lowest BCUT2D eigenvalue weighted by atomic mass is 10.1. The highest BCUT2D eigenvalue weighted by Gasteiger charge is 2.24. The number of quaternary nitrogens is 2. The molecule has 0 spiro atoms. The van der Waals surface area contributed by atoms with Crippen LogP contribution < -0.4 is 11.5 Å². The first kappa shape index (κ1) is 29.3. The van der Waals surface area contributed by atoms with Crippen LogP contribution in [0.25, 0.3) is 39.0 Å². The summed E-state index contributed by atoms with van der Waals surface area (Å²) in [5.74, 6) is -0.898. The number of carbonyl (C=O) groups excluding carboxylic acids is 1. The second-order valence-corrected chi connectivity index (χ2v) is 17.7. The first-order chi connectivity index (χ1) is 18.7. The monoisotopic (exact) mass is 840 g/mol. The summed E-state index contributed by atoms with van der Waals surface area (Å²) in [6.45, 7) is 0.451. The van der Waals surface area contributed by atoms with Gasteiger partial charge in [-0.05, 0) is 105 Å². The van der Waals surface area contributed by atoms with Crippen molar-refractivity contribution in [3.8, 4) is 39.0 Å². The van der Waals surface area contributed by atoms with Gasteiger partial charge in [-0.1, -0.05) is 0 Å². The third kappa shape index (κ3) is 6.83. The van der Waals surface area contributed by atoms with Crippen molar-refractivity contribution < 1.29 is 30.9 Å². The van der Waals surface area contributed by atoms with E-state index in [2.05, 4.69) is 105 Å². The standard InChI is InChI=1S/C26H20I2N2O4S5/c27-21-5-3-15(36-21)19-8-12(7-14(29)26(32)33)24(38-19)17-1-2-18(35-17)25-13(10-23(30)34-11-31)9-20(39-25)16-4-6-22(28)37-16/h1-6,8-9,11,14,23H,7,10,29-30H2,(H,32,33)/p+2/t14-,23-/m0/s1. The number of carboxylic acids is 1. The van der Waals surface area contributed by atoms with E-state index in [1.54, 1.807) is 56.7 Å². The van der Waals surface area contributed by atoms with Crippen LogP contribution >= 0.6 is 102 Å². The molecule has 5 aromatic heterocycles. The fourth-order valence-electron chi connectivity index (χ4n) is 4.02. The highest BCUT2D eigenvalue weighted by atomic mass is 127. The van der Waals surface area contributed by atoms with E-state index < -0.39 is 18.2 Å². The van der Waals surface area contributed by atoms with Crippen LogP contribution in [-0.4, -0.2) is 29.8 Å². The molecule has 0 aliphatic rings. The lowest BCUT2D eigenvalue weighted by molar-refractivity contribution is -0.477. The van der Waals surface area contributed by atoms with E-state index >= 15 is 0 Å². The highest BCUT2D eigenvalue weighted by molar-refractivity contribution is 14.1. The first-order valence-corrected chi connectivity index (χ1v) is 17.8. The van der Waals surface area contributed by atoms with Crippen molar-refractivity contribution in [2.45, 2.75) is 25.1 Å². The Morgan fingerprint density at radius 2 is 1.26 bits per heavy atom. The molecule has 0 fully saturated rings. The van der Waals surface area contributed by atoms with Gasteiger partial charge in [-0.15, -0.1) is 56.7 Å². The zero-order valence-electron chi connectivity index (χ0n) is 20.1. The predicted molar refractivity (Wildman–Crippen MR) is 179 cm³/mol. The molecule has 0 amide bonds. The van der Waals surface area contributed by atoms with Crippen LogP contribution in [0.3, 0.4) is 0 Å². The number of hydrogen-bond acceptors (Lipinski definition) is 8. The second-order valence-electron chi connectivity index (χ2n) is 8.60. The van der Waals surface area contributed by atoms with E-state index in [1.807, 2.05) is 0 Å². The van der Waals surface area contributed by atoms with Crippen molar-refractivity contribution in [1.82, 2.24) is 0 Å². The van der Waals surface area contributed by atoms with Gasteiger partial charge >= 0.3 is 5.97 Å². The molecule has 0 aromatic carbocycles. The third-order valence-electron chi connectivity index (χ3n) is 5.81. The van der Waals surface area contributed by atoms with E-state index in [9.17, 15) is 14.7 Å². The molecule has 7 N–H and O–H groups in total. The number of rotatable bonds is 11. The Hall–Kier alpha value is -1.18. The van der Waals surface area contributed by atoms with Gasteiger partial charge in [-0.25, -0.2) is 4.79 Å². The average Bonchev–Trinajstić information content (AvgIpc) is 3.70. The molecule has 6 nitrogen and oxygen atoms in total. The molecule has 2 atom stereocenters. The van der Waals surface area contributed by atoms with Gasteiger partial charge in [0.15, 0.2) is 6.04 Å². The minimum Gasteiger partial charge on any atom is -0.477 e. The van der Waals surface area contributed by atoms with Crippen molar-refractivity contribution in [2.75, 3.05) is 0 Å². The lowest BCUT2D eigenvalue weighted by Gasteiger charge is -2.06. The number of carboxylic acid groups (broad SMARTS) is 1. The molecule has 5 aromatic rings. The fraction of sp³-hybridized carbons (Fsp3) is 0.154. The van der Waals surface area contributed by atoms with Crippen molar-refractivity contribution in [3.63, 3.8) is 0 Å². The van der Waals surface area contributed by atoms with Crippen LogP contribution in [0.1, 0.15) is 11.1 Å². The van der Waals surface area contributed by atoms with Crippen LogP contribution in [0.4, 0.5) is 0 Å². The average molecular weight is 841 g/mol. The minimum atomic E-state index is -0.898. The minimum absolute atomic E-state index is 0.370. The number of carbonyl (C=O) groups is 2. The Bertz CT molecular complexity index is 1630. The topological polar surface area (TPSA) is 119 Å². The van der Waals surface area contributed by atoms with Gasteiger partial charge in [-0.2, -0.15) is 0 Å². The molecular weight excluding hydrogens is 818 g/mol. The van der Waals surface area contributed by atoms with E-state index in [-0.39, 0.29) is 0 Å². The summed E-state index contributed by atoms with van der Waals surface area (Å²) in [7, 11) is 0. The Morgan fingerprint density at radius 3 is 1.69 bits per heavy atom. The van der Waals surface area contributed by atoms with E-state index in [4.69, 9.17) is 4.74 Å². The smallest absolute Gasteiger partial charge is 0.362 e. The maximum atomic E-state index is 11.6. The predicted octanol–water partition coefficient (Wildman–Crippen LogP) is 6.39. The van der Waals surface area contributed by atoms with Crippen LogP contribution in [0.2, 0.25) is 0 Å². The van der Waals surface area contributed by atoms with Gasteiger partial charge < -0.3 is 21.3 Å². The van der Waals surface area contributed by atoms with Crippen molar-refractivity contribution in [2.24, 2.45) is 0 Å². The van der Waals surface area contributed by atoms with Crippen molar-refractivity contribution >= 4 is 114 Å². The van der Waals surface area contributed by atoms with Crippen LogP contribution in [-0.2, 0) is 27.2 Å². The number of hydrogen-bond donors (Lipinski definition) is 3. The number of ether oxygens (including phenoxy) is 1. The van der Waals surface area contributed by atoms with Crippen LogP contribution in [0, 0.1) is 5.77 Å². The molecule has 39 heavy (non-hydrogen) atoms. The summed E-state index contributed by atoms with van der Waals surface area (Å²) in [5.41, 5.74) is 9.95. The highest BCUT2D eigenvalue weighted by Crippen LogP contribution is 2.48. The summed E-state index contributed by atoms with van der Waals surface area (Å²) in [4.78, 5) is 31.7. The molecule has 13 heteroatoms. The zero-order chi connectivity index (χ0) is 27.7. The van der Waals surface area contributed by atoms with Gasteiger partial charge in [0.25, 0.3) is 6.47 Å². The number of halogens is 2. The summed E-state index contributed by atoms with van der Waals surface area (Å²) < 4.78 is 7.55. The van der Waals surface area contributed by atoms with Gasteiger partial charge in [0.2, 0.25) is 6.23 Å². The van der Waals surface area contributed by atoms with Gasteiger partial charge in [0, 0.05) is 45.4 Å². The molecule has 0 bridgehead atoms. The van der Waals surface area contributed by atoms with E-state index in [1.165, 1.54) is 20.4 Å². The Labute approximate surface area is 271 Å². The van der Waals surface area contributed by atoms with Gasteiger partial charge in [0.05, 0.1) is 12.2 Å². The van der Waals surface area contributed by atoms with Crippen molar-refractivity contribution in [1.29, 1.82) is 0 Å². The Kier molecular flexibility index (Phi) is 9.60. The molecule has 0 unspecified atom stereocenters.